The summed E-state index contributed by atoms with van der Waals surface area (Å²) in [5.74, 6) is -1.32. The van der Waals surface area contributed by atoms with Crippen LogP contribution in [0.25, 0.3) is 0 Å². The molecule has 1 unspecified atom stereocenters. The van der Waals surface area contributed by atoms with Crippen molar-refractivity contribution < 1.29 is 19.8 Å². The van der Waals surface area contributed by atoms with Gasteiger partial charge >= 0.3 is 5.97 Å². The molecule has 0 radical (unpaired) electrons. The molecule has 1 aliphatic rings. The number of hydrogen-bond acceptors (Lipinski definition) is 3. The van der Waals surface area contributed by atoms with E-state index in [1.54, 1.807) is 13.8 Å². The first kappa shape index (κ1) is 12.2. The number of carboxylic acids is 1. The Morgan fingerprint density at radius 3 is 2.47 bits per heavy atom. The van der Waals surface area contributed by atoms with Crippen LogP contribution in [-0.2, 0) is 9.59 Å². The van der Waals surface area contributed by atoms with Crippen LogP contribution in [-0.4, -0.2) is 27.6 Å². The van der Waals surface area contributed by atoms with E-state index in [2.05, 4.69) is 0 Å². The van der Waals surface area contributed by atoms with Crippen LogP contribution in [0.2, 0.25) is 0 Å². The second kappa shape index (κ2) is 3.93. The molecule has 1 aliphatic carbocycles. The highest BCUT2D eigenvalue weighted by Crippen LogP contribution is 2.40. The van der Waals surface area contributed by atoms with Crippen molar-refractivity contribution in [1.29, 1.82) is 0 Å². The van der Waals surface area contributed by atoms with Gasteiger partial charge in [-0.2, -0.15) is 0 Å². The van der Waals surface area contributed by atoms with E-state index in [1.807, 2.05) is 0 Å². The molecule has 86 valence electrons. The highest BCUT2D eigenvalue weighted by molar-refractivity contribution is 6.03. The predicted molar refractivity (Wildman–Crippen MR) is 54.5 cm³/mol. The van der Waals surface area contributed by atoms with Crippen LogP contribution in [0.4, 0.5) is 0 Å². The zero-order valence-electron chi connectivity index (χ0n) is 9.25. The third-order valence-corrected chi connectivity index (χ3v) is 2.93. The molecule has 0 aromatic heterocycles. The highest BCUT2D eigenvalue weighted by atomic mass is 16.4. The fraction of sp³-hybridized carbons (Fsp3) is 0.818. The van der Waals surface area contributed by atoms with Gasteiger partial charge in [0.1, 0.15) is 11.2 Å². The predicted octanol–water partition coefficient (Wildman–Crippen LogP) is 1.36. The molecule has 0 amide bonds. The normalized spacial score (nSPS) is 27.8. The van der Waals surface area contributed by atoms with E-state index in [1.165, 1.54) is 0 Å². The topological polar surface area (TPSA) is 74.6 Å². The summed E-state index contributed by atoms with van der Waals surface area (Å²) in [6.45, 7) is 3.08. The van der Waals surface area contributed by atoms with Gasteiger partial charge in [-0.15, -0.1) is 0 Å². The Kier molecular flexibility index (Phi) is 3.19. The van der Waals surface area contributed by atoms with Crippen LogP contribution in [0.5, 0.6) is 0 Å². The Morgan fingerprint density at radius 1 is 1.47 bits per heavy atom. The van der Waals surface area contributed by atoms with E-state index in [0.29, 0.717) is 12.8 Å². The van der Waals surface area contributed by atoms with Crippen LogP contribution < -0.4 is 0 Å². The Hall–Kier alpha value is -0.900. The molecule has 2 N–H and O–H groups in total. The molecule has 0 aromatic carbocycles. The van der Waals surface area contributed by atoms with Gasteiger partial charge in [0.25, 0.3) is 0 Å². The first-order valence-electron chi connectivity index (χ1n) is 5.27. The van der Waals surface area contributed by atoms with Crippen molar-refractivity contribution in [1.82, 2.24) is 0 Å². The third-order valence-electron chi connectivity index (χ3n) is 2.93. The number of carbonyl (C=O) groups excluding carboxylic acids is 1. The van der Waals surface area contributed by atoms with E-state index >= 15 is 0 Å². The zero-order chi connectivity index (χ0) is 11.7. The molecule has 1 atom stereocenters. The van der Waals surface area contributed by atoms with Gasteiger partial charge in [-0.3, -0.25) is 9.59 Å². The highest BCUT2D eigenvalue weighted by Gasteiger charge is 2.49. The summed E-state index contributed by atoms with van der Waals surface area (Å²) in [5.41, 5.74) is -2.47. The van der Waals surface area contributed by atoms with Crippen LogP contribution in [0, 0.1) is 5.41 Å². The van der Waals surface area contributed by atoms with Crippen LogP contribution in [0.15, 0.2) is 0 Å². The smallest absolute Gasteiger partial charge is 0.317 e. The van der Waals surface area contributed by atoms with Crippen molar-refractivity contribution in [3.63, 3.8) is 0 Å². The fourth-order valence-electron chi connectivity index (χ4n) is 2.32. The number of aliphatic hydroxyl groups is 1. The first-order valence-corrected chi connectivity index (χ1v) is 5.27. The number of carbonyl (C=O) groups is 2. The van der Waals surface area contributed by atoms with E-state index in [-0.39, 0.29) is 12.2 Å². The summed E-state index contributed by atoms with van der Waals surface area (Å²) in [6, 6.07) is 0. The monoisotopic (exact) mass is 214 g/mol. The van der Waals surface area contributed by atoms with E-state index in [4.69, 9.17) is 0 Å². The minimum atomic E-state index is -1.35. The van der Waals surface area contributed by atoms with Gasteiger partial charge in [-0.1, -0.05) is 6.42 Å². The number of hydrogen-bond donors (Lipinski definition) is 2. The number of carboxylic acid groups (broad SMARTS) is 1. The minimum absolute atomic E-state index is 0.00810. The standard InChI is InChI=1S/C11H18O4/c1-10(2,15)7-11(9(13)14)6-4-3-5-8(11)12/h15H,3-7H2,1-2H3,(H,13,14). The number of rotatable bonds is 3. The molecule has 15 heavy (non-hydrogen) atoms. The SMILES string of the molecule is CC(C)(O)CC1(C(=O)O)CCCCC1=O. The van der Waals surface area contributed by atoms with Crippen LogP contribution in [0.1, 0.15) is 46.0 Å². The Balaban J connectivity index is 2.96. The maximum Gasteiger partial charge on any atom is 0.317 e. The van der Waals surface area contributed by atoms with Gasteiger partial charge in [0.05, 0.1) is 5.60 Å². The third kappa shape index (κ3) is 2.56. The number of aliphatic carboxylic acids is 1. The van der Waals surface area contributed by atoms with E-state index in [9.17, 15) is 19.8 Å². The van der Waals surface area contributed by atoms with Crippen molar-refractivity contribution in [2.75, 3.05) is 0 Å². The molecular weight excluding hydrogens is 196 g/mol. The average molecular weight is 214 g/mol. The Morgan fingerprint density at radius 2 is 2.07 bits per heavy atom. The molecule has 0 saturated heterocycles. The lowest BCUT2D eigenvalue weighted by Gasteiger charge is -2.35. The molecule has 0 aromatic rings. The second-order valence-electron chi connectivity index (χ2n) is 5.01. The van der Waals surface area contributed by atoms with E-state index in [0.717, 1.165) is 12.8 Å². The van der Waals surface area contributed by atoms with Gasteiger partial charge in [0.2, 0.25) is 0 Å². The van der Waals surface area contributed by atoms with Crippen LogP contribution in [0.3, 0.4) is 0 Å². The summed E-state index contributed by atoms with van der Waals surface area (Å²) < 4.78 is 0. The second-order valence-corrected chi connectivity index (χ2v) is 5.01. The Bertz CT molecular complexity index is 277. The quantitative estimate of drug-likeness (QED) is 0.696. The number of ketones is 1. The summed E-state index contributed by atoms with van der Waals surface area (Å²) in [6.07, 6.45) is 2.19. The lowest BCUT2D eigenvalue weighted by atomic mass is 9.67. The van der Waals surface area contributed by atoms with Gasteiger partial charge in [-0.05, 0) is 33.1 Å². The summed E-state index contributed by atoms with van der Waals surface area (Å²) >= 11 is 0. The fourth-order valence-corrected chi connectivity index (χ4v) is 2.32. The lowest BCUT2D eigenvalue weighted by Crippen LogP contribution is -2.46. The van der Waals surface area contributed by atoms with Crippen molar-refractivity contribution >= 4 is 11.8 Å². The van der Waals surface area contributed by atoms with E-state index < -0.39 is 17.0 Å². The maximum atomic E-state index is 11.7. The van der Waals surface area contributed by atoms with Gasteiger partial charge in [0, 0.05) is 6.42 Å². The van der Waals surface area contributed by atoms with Gasteiger partial charge in [-0.25, -0.2) is 0 Å². The van der Waals surface area contributed by atoms with Gasteiger partial charge < -0.3 is 10.2 Å². The molecule has 4 heteroatoms. The van der Waals surface area contributed by atoms with Crippen molar-refractivity contribution in [3.8, 4) is 0 Å². The summed E-state index contributed by atoms with van der Waals surface area (Å²) in [7, 11) is 0. The molecule has 0 heterocycles. The zero-order valence-corrected chi connectivity index (χ0v) is 9.25. The largest absolute Gasteiger partial charge is 0.480 e. The molecule has 0 bridgehead atoms. The molecule has 1 saturated carbocycles. The molecule has 0 aliphatic heterocycles. The maximum absolute atomic E-state index is 11.7. The van der Waals surface area contributed by atoms with Crippen molar-refractivity contribution in [2.24, 2.45) is 5.41 Å². The molecule has 4 nitrogen and oxygen atoms in total. The Labute approximate surface area is 89.3 Å². The van der Waals surface area contributed by atoms with Gasteiger partial charge in [0.15, 0.2) is 0 Å². The molecule has 0 spiro atoms. The number of Topliss-reactive ketones (excluding diaryl/α,β-unsaturated/α-hetero) is 1. The summed E-state index contributed by atoms with van der Waals surface area (Å²) in [4.78, 5) is 23.0. The lowest BCUT2D eigenvalue weighted by molar-refractivity contribution is -0.161. The molecule has 1 fully saturated rings. The first-order chi connectivity index (χ1) is 6.78. The summed E-state index contributed by atoms with van der Waals surface area (Å²) in [5, 5.41) is 18.9. The molecular formula is C11H18O4. The molecule has 1 rings (SSSR count). The van der Waals surface area contributed by atoms with Crippen molar-refractivity contribution in [2.45, 2.75) is 51.6 Å². The van der Waals surface area contributed by atoms with Crippen molar-refractivity contribution in [3.05, 3.63) is 0 Å². The average Bonchev–Trinajstić information content (AvgIpc) is 2.06. The minimum Gasteiger partial charge on any atom is -0.480 e. The van der Waals surface area contributed by atoms with Crippen LogP contribution >= 0.6 is 0 Å².